The smallest absolute Gasteiger partial charge is 0.237 e. The number of nitrogens with zero attached hydrogens (tertiary/aromatic N) is 4. The van der Waals surface area contributed by atoms with Gasteiger partial charge >= 0.3 is 0 Å². The van der Waals surface area contributed by atoms with Crippen molar-refractivity contribution >= 4 is 23.6 Å². The molecule has 0 fully saturated rings. The number of anilines is 1. The van der Waals surface area contributed by atoms with Gasteiger partial charge in [0, 0.05) is 18.2 Å². The maximum atomic E-state index is 12.2. The molecule has 0 radical (unpaired) electrons. The molecule has 0 bridgehead atoms. The zero-order chi connectivity index (χ0) is 19.1. The Kier molecular flexibility index (Phi) is 6.64. The number of aromatic nitrogens is 4. The number of benzene rings is 1. The lowest BCUT2D eigenvalue weighted by Gasteiger charge is -2.05. The number of carbonyl (C=O) groups excluding carboxylic acids is 1. The molecule has 3 aromatic rings. The van der Waals surface area contributed by atoms with Gasteiger partial charge in [-0.2, -0.15) is 0 Å². The van der Waals surface area contributed by atoms with Gasteiger partial charge in [-0.15, -0.1) is 10.2 Å². The molecule has 2 heterocycles. The van der Waals surface area contributed by atoms with Crippen LogP contribution in [-0.2, 0) is 11.3 Å². The van der Waals surface area contributed by atoms with Crippen LogP contribution >= 0.6 is 11.8 Å². The summed E-state index contributed by atoms with van der Waals surface area (Å²) in [5.74, 6) is 0.392. The van der Waals surface area contributed by atoms with Crippen LogP contribution in [0.25, 0.3) is 11.3 Å². The van der Waals surface area contributed by atoms with Crippen LogP contribution in [0.4, 0.5) is 5.88 Å². The number of aryl methyl sites for hydroxylation is 2. The Morgan fingerprint density at radius 1 is 1.26 bits per heavy atom. The van der Waals surface area contributed by atoms with Crippen molar-refractivity contribution in [3.63, 3.8) is 0 Å². The third kappa shape index (κ3) is 5.43. The van der Waals surface area contributed by atoms with Crippen LogP contribution in [0.5, 0.6) is 0 Å². The molecule has 0 atom stereocenters. The molecule has 0 spiro atoms. The van der Waals surface area contributed by atoms with E-state index >= 15 is 0 Å². The summed E-state index contributed by atoms with van der Waals surface area (Å²) in [4.78, 5) is 12.2. The summed E-state index contributed by atoms with van der Waals surface area (Å²) in [6.45, 7) is 5.06. The molecule has 3 rings (SSSR count). The zero-order valence-electron chi connectivity index (χ0n) is 15.5. The van der Waals surface area contributed by atoms with Crippen molar-refractivity contribution in [3.8, 4) is 11.3 Å². The number of nitrogens with one attached hydrogen (secondary N) is 1. The molecular weight excluding hydrogens is 362 g/mol. The highest BCUT2D eigenvalue weighted by molar-refractivity contribution is 7.99. The molecule has 1 N–H and O–H groups in total. The van der Waals surface area contributed by atoms with Gasteiger partial charge < -0.3 is 9.09 Å². The molecule has 142 valence electrons. The van der Waals surface area contributed by atoms with Crippen molar-refractivity contribution in [3.05, 3.63) is 42.2 Å². The fourth-order valence-corrected chi connectivity index (χ4v) is 3.28. The standard InChI is InChI=1S/C19H23N5O2S/c1-3-4-5-10-24-13-20-22-19(24)27-12-17(25)21-18-11-16(23-26-18)15-8-6-14(2)7-9-15/h6-9,11,13H,3-5,10,12H2,1-2H3,(H,21,25). The Morgan fingerprint density at radius 2 is 2.07 bits per heavy atom. The number of unbranched alkanes of at least 4 members (excludes halogenated alkanes) is 2. The van der Waals surface area contributed by atoms with Crippen LogP contribution in [0.2, 0.25) is 0 Å². The van der Waals surface area contributed by atoms with Crippen LogP contribution < -0.4 is 5.32 Å². The normalized spacial score (nSPS) is 10.9. The van der Waals surface area contributed by atoms with E-state index in [1.807, 2.05) is 35.8 Å². The summed E-state index contributed by atoms with van der Waals surface area (Å²) in [6, 6.07) is 9.69. The van der Waals surface area contributed by atoms with Crippen molar-refractivity contribution in [2.24, 2.45) is 0 Å². The van der Waals surface area contributed by atoms with Gasteiger partial charge in [0.25, 0.3) is 0 Å². The maximum absolute atomic E-state index is 12.2. The molecule has 1 amide bonds. The number of thioether (sulfide) groups is 1. The lowest BCUT2D eigenvalue weighted by atomic mass is 10.1. The summed E-state index contributed by atoms with van der Waals surface area (Å²) >= 11 is 1.36. The van der Waals surface area contributed by atoms with Gasteiger partial charge in [0.05, 0.1) is 5.75 Å². The molecule has 8 heteroatoms. The average Bonchev–Trinajstić information content (AvgIpc) is 3.30. The first-order valence-electron chi connectivity index (χ1n) is 9.00. The fourth-order valence-electron chi connectivity index (χ4n) is 2.54. The molecular formula is C19H23N5O2S. The van der Waals surface area contributed by atoms with E-state index in [-0.39, 0.29) is 11.7 Å². The van der Waals surface area contributed by atoms with Crippen molar-refractivity contribution in [1.29, 1.82) is 0 Å². The topological polar surface area (TPSA) is 85.8 Å². The number of hydrogen-bond donors (Lipinski definition) is 1. The average molecular weight is 385 g/mol. The highest BCUT2D eigenvalue weighted by Gasteiger charge is 2.12. The summed E-state index contributed by atoms with van der Waals surface area (Å²) in [5, 5.41) is 15.5. The van der Waals surface area contributed by atoms with Gasteiger partial charge in [-0.1, -0.05) is 66.5 Å². The summed E-state index contributed by atoms with van der Waals surface area (Å²) in [5.41, 5.74) is 2.81. The minimum Gasteiger partial charge on any atom is -0.338 e. The fraction of sp³-hybridized carbons (Fsp3) is 0.368. The largest absolute Gasteiger partial charge is 0.338 e. The molecule has 2 aromatic heterocycles. The highest BCUT2D eigenvalue weighted by atomic mass is 32.2. The number of rotatable bonds is 9. The molecule has 27 heavy (non-hydrogen) atoms. The second kappa shape index (κ2) is 9.36. The molecule has 7 nitrogen and oxygen atoms in total. The second-order valence-electron chi connectivity index (χ2n) is 6.29. The van der Waals surface area contributed by atoms with Crippen LogP contribution in [0.3, 0.4) is 0 Å². The van der Waals surface area contributed by atoms with Crippen LogP contribution in [0, 0.1) is 6.92 Å². The highest BCUT2D eigenvalue weighted by Crippen LogP contribution is 2.22. The van der Waals surface area contributed by atoms with E-state index in [2.05, 4.69) is 27.6 Å². The molecule has 0 aliphatic carbocycles. The molecule has 0 unspecified atom stereocenters. The minimum absolute atomic E-state index is 0.172. The number of hydrogen-bond acceptors (Lipinski definition) is 6. The Hall–Kier alpha value is -2.61. The first kappa shape index (κ1) is 19.2. The Bertz CT molecular complexity index is 872. The molecule has 0 saturated carbocycles. The molecule has 1 aromatic carbocycles. The Balaban J connectivity index is 1.52. The Labute approximate surface area is 162 Å². The summed E-state index contributed by atoms with van der Waals surface area (Å²) < 4.78 is 7.21. The van der Waals surface area contributed by atoms with E-state index in [1.54, 1.807) is 12.4 Å². The number of amides is 1. The molecule has 0 aliphatic rings. The van der Waals surface area contributed by atoms with Crippen molar-refractivity contribution in [2.45, 2.75) is 44.8 Å². The van der Waals surface area contributed by atoms with Crippen molar-refractivity contribution < 1.29 is 9.32 Å². The van der Waals surface area contributed by atoms with Crippen LogP contribution in [0.1, 0.15) is 31.7 Å². The van der Waals surface area contributed by atoms with Crippen molar-refractivity contribution in [2.75, 3.05) is 11.1 Å². The summed E-state index contributed by atoms with van der Waals surface area (Å²) in [7, 11) is 0. The predicted molar refractivity (Wildman–Crippen MR) is 106 cm³/mol. The van der Waals surface area contributed by atoms with E-state index in [0.717, 1.165) is 36.5 Å². The van der Waals surface area contributed by atoms with E-state index in [1.165, 1.54) is 17.3 Å². The quantitative estimate of drug-likeness (QED) is 0.440. The monoisotopic (exact) mass is 385 g/mol. The predicted octanol–water partition coefficient (Wildman–Crippen LogP) is 4.16. The van der Waals surface area contributed by atoms with E-state index in [0.29, 0.717) is 11.6 Å². The maximum Gasteiger partial charge on any atom is 0.237 e. The lowest BCUT2D eigenvalue weighted by Crippen LogP contribution is -2.14. The summed E-state index contributed by atoms with van der Waals surface area (Å²) in [6.07, 6.45) is 5.11. The zero-order valence-corrected chi connectivity index (χ0v) is 16.3. The van der Waals surface area contributed by atoms with Gasteiger partial charge in [0.2, 0.25) is 11.8 Å². The second-order valence-corrected chi connectivity index (χ2v) is 7.24. The van der Waals surface area contributed by atoms with Crippen LogP contribution in [0.15, 0.2) is 46.3 Å². The van der Waals surface area contributed by atoms with Gasteiger partial charge in [-0.3, -0.25) is 10.1 Å². The van der Waals surface area contributed by atoms with Crippen molar-refractivity contribution in [1.82, 2.24) is 19.9 Å². The van der Waals surface area contributed by atoms with Gasteiger partial charge in [0.15, 0.2) is 5.16 Å². The first-order chi connectivity index (χ1) is 13.2. The van der Waals surface area contributed by atoms with E-state index in [4.69, 9.17) is 4.52 Å². The molecule has 0 saturated heterocycles. The Morgan fingerprint density at radius 3 is 2.85 bits per heavy atom. The van der Waals surface area contributed by atoms with Gasteiger partial charge in [-0.05, 0) is 13.3 Å². The van der Waals surface area contributed by atoms with Crippen LogP contribution in [-0.4, -0.2) is 31.6 Å². The first-order valence-corrected chi connectivity index (χ1v) is 9.98. The third-order valence-corrected chi connectivity index (χ3v) is 5.02. The van der Waals surface area contributed by atoms with E-state index in [9.17, 15) is 4.79 Å². The third-order valence-electron chi connectivity index (χ3n) is 4.04. The lowest BCUT2D eigenvalue weighted by molar-refractivity contribution is -0.113. The van der Waals surface area contributed by atoms with E-state index < -0.39 is 0 Å². The molecule has 0 aliphatic heterocycles. The number of carbonyl (C=O) groups is 1. The van der Waals surface area contributed by atoms with Gasteiger partial charge in [-0.25, -0.2) is 0 Å². The minimum atomic E-state index is -0.172. The van der Waals surface area contributed by atoms with Gasteiger partial charge in [0.1, 0.15) is 12.0 Å². The SMILES string of the molecule is CCCCCn1cnnc1SCC(=O)Nc1cc(-c2ccc(C)cc2)no1.